The third-order valence-corrected chi connectivity index (χ3v) is 7.22. The lowest BCUT2D eigenvalue weighted by Gasteiger charge is -2.27. The Morgan fingerprint density at radius 2 is 1.73 bits per heavy atom. The number of nitrogens with zero attached hydrogens (tertiary/aromatic N) is 1. The normalized spacial score (nSPS) is 13.9. The van der Waals surface area contributed by atoms with Crippen LogP contribution in [0.3, 0.4) is 0 Å². The molecule has 2 N–H and O–H groups in total. The summed E-state index contributed by atoms with van der Waals surface area (Å²) in [7, 11) is 1.42. The molecule has 0 saturated carbocycles. The number of amides is 5. The number of hydrogen-bond donors (Lipinski definition) is 2. The number of rotatable bonds is 12. The number of benzene rings is 3. The fourth-order valence-corrected chi connectivity index (χ4v) is 5.03. The first-order valence-electron chi connectivity index (χ1n) is 14.2. The van der Waals surface area contributed by atoms with Crippen molar-refractivity contribution in [1.29, 1.82) is 0 Å². The molecule has 0 unspecified atom stereocenters. The topological polar surface area (TPSA) is 132 Å². The lowest BCUT2D eigenvalue weighted by atomic mass is 10.1. The quantitative estimate of drug-likeness (QED) is 0.177. The maximum Gasteiger partial charge on any atom is 0.335 e. The van der Waals surface area contributed by atoms with E-state index in [2.05, 4.69) is 26.6 Å². The van der Waals surface area contributed by atoms with E-state index in [1.165, 1.54) is 19.3 Å². The molecular weight excluding hydrogens is 646 g/mol. The number of anilines is 2. The summed E-state index contributed by atoms with van der Waals surface area (Å²) in [6.07, 6.45) is 2.12. The van der Waals surface area contributed by atoms with Crippen LogP contribution in [0, 0.1) is 13.8 Å². The number of aryl methyl sites for hydroxylation is 2. The molecule has 12 heteroatoms. The first-order chi connectivity index (χ1) is 21.6. The molecule has 1 aliphatic rings. The number of methoxy groups -OCH3 is 1. The van der Waals surface area contributed by atoms with Gasteiger partial charge in [0.2, 0.25) is 0 Å². The molecule has 11 nitrogen and oxygen atoms in total. The Morgan fingerprint density at radius 1 is 0.956 bits per heavy atom. The van der Waals surface area contributed by atoms with Crippen LogP contribution in [0.25, 0.3) is 6.08 Å². The zero-order valence-electron chi connectivity index (χ0n) is 25.6. The van der Waals surface area contributed by atoms with Gasteiger partial charge in [-0.1, -0.05) is 19.1 Å². The fraction of sp³-hybridized carbons (Fsp3) is 0.273. The third-order valence-electron chi connectivity index (χ3n) is 6.63. The number of barbiturate groups is 1. The van der Waals surface area contributed by atoms with E-state index in [1.54, 1.807) is 31.2 Å². The minimum atomic E-state index is -0.895. The summed E-state index contributed by atoms with van der Waals surface area (Å²) in [5.41, 5.74) is 2.93. The number of nitrogens with one attached hydrogen (secondary N) is 2. The molecule has 0 atom stereocenters. The highest BCUT2D eigenvalue weighted by molar-refractivity contribution is 9.10. The van der Waals surface area contributed by atoms with Gasteiger partial charge in [-0.05, 0) is 96.2 Å². The molecule has 0 aromatic heterocycles. The average Bonchev–Trinajstić information content (AvgIpc) is 3.00. The number of carbonyl (C=O) groups excluding carboxylic acids is 4. The van der Waals surface area contributed by atoms with Crippen molar-refractivity contribution in [2.24, 2.45) is 0 Å². The van der Waals surface area contributed by atoms with Crippen molar-refractivity contribution >= 4 is 57.1 Å². The van der Waals surface area contributed by atoms with E-state index < -0.39 is 17.8 Å². The Labute approximate surface area is 269 Å². The Kier molecular flexibility index (Phi) is 10.8. The molecule has 1 aliphatic heterocycles. The number of halogens is 1. The summed E-state index contributed by atoms with van der Waals surface area (Å²) in [5.74, 6) is -0.716. The molecule has 0 bridgehead atoms. The van der Waals surface area contributed by atoms with Gasteiger partial charge in [-0.3, -0.25) is 19.7 Å². The van der Waals surface area contributed by atoms with Gasteiger partial charge in [-0.25, -0.2) is 9.69 Å². The van der Waals surface area contributed by atoms with Crippen molar-refractivity contribution in [2.45, 2.75) is 34.1 Å². The molecule has 0 radical (unpaired) electrons. The van der Waals surface area contributed by atoms with E-state index in [0.717, 1.165) is 22.4 Å². The van der Waals surface area contributed by atoms with Gasteiger partial charge < -0.3 is 24.3 Å². The third kappa shape index (κ3) is 7.82. The molecule has 3 aromatic carbocycles. The van der Waals surface area contributed by atoms with Gasteiger partial charge in [0.05, 0.1) is 30.5 Å². The van der Waals surface area contributed by atoms with Crippen molar-refractivity contribution < 1.29 is 38.1 Å². The highest BCUT2D eigenvalue weighted by Crippen LogP contribution is 2.38. The van der Waals surface area contributed by atoms with E-state index in [0.29, 0.717) is 40.4 Å². The van der Waals surface area contributed by atoms with Crippen molar-refractivity contribution in [2.75, 3.05) is 37.1 Å². The second-order valence-electron chi connectivity index (χ2n) is 10.1. The Bertz CT molecular complexity index is 1670. The predicted octanol–water partition coefficient (Wildman–Crippen LogP) is 5.95. The van der Waals surface area contributed by atoms with Gasteiger partial charge in [-0.2, -0.15) is 0 Å². The summed E-state index contributed by atoms with van der Waals surface area (Å²) in [6.45, 7) is 8.11. The second kappa shape index (κ2) is 14.8. The van der Waals surface area contributed by atoms with E-state index in [1.807, 2.05) is 39.0 Å². The second-order valence-corrected chi connectivity index (χ2v) is 10.9. The average molecular weight is 681 g/mol. The van der Waals surface area contributed by atoms with Crippen LogP contribution < -0.4 is 34.5 Å². The summed E-state index contributed by atoms with van der Waals surface area (Å²) >= 11 is 3.44. The highest BCUT2D eigenvalue weighted by Gasteiger charge is 2.37. The van der Waals surface area contributed by atoms with Gasteiger partial charge in [0.15, 0.2) is 29.6 Å². The number of ether oxygens (including phenoxy) is 4. The zero-order chi connectivity index (χ0) is 32.7. The lowest BCUT2D eigenvalue weighted by molar-refractivity contribution is -0.122. The summed E-state index contributed by atoms with van der Waals surface area (Å²) in [6, 6.07) is 12.7. The van der Waals surface area contributed by atoms with Crippen molar-refractivity contribution in [3.8, 4) is 23.0 Å². The van der Waals surface area contributed by atoms with Crippen molar-refractivity contribution in [3.05, 3.63) is 75.3 Å². The van der Waals surface area contributed by atoms with Crippen LogP contribution in [-0.4, -0.2) is 50.7 Å². The maximum atomic E-state index is 13.5. The summed E-state index contributed by atoms with van der Waals surface area (Å²) in [5, 5.41) is 5.06. The minimum Gasteiger partial charge on any atom is -0.493 e. The van der Waals surface area contributed by atoms with Gasteiger partial charge >= 0.3 is 6.03 Å². The highest BCUT2D eigenvalue weighted by atomic mass is 79.9. The molecule has 4 rings (SSSR count). The molecule has 0 aliphatic carbocycles. The van der Waals surface area contributed by atoms with Crippen LogP contribution in [0.5, 0.6) is 23.0 Å². The van der Waals surface area contributed by atoms with Crippen molar-refractivity contribution in [1.82, 2.24) is 5.32 Å². The Balaban J connectivity index is 1.57. The van der Waals surface area contributed by atoms with E-state index in [4.69, 9.17) is 18.9 Å². The number of urea groups is 1. The SMILES string of the molecule is CCCOc1ccc(N2C(=O)NC(=O)/C(=C\c3cc(Br)c(OCC(=O)Nc4cc(C)ccc4C)c(OC)c3)C2=O)cc1OCC. The van der Waals surface area contributed by atoms with Crippen LogP contribution in [0.1, 0.15) is 37.0 Å². The van der Waals surface area contributed by atoms with Gasteiger partial charge in [0.1, 0.15) is 5.57 Å². The Morgan fingerprint density at radius 3 is 2.44 bits per heavy atom. The molecular formula is C33H34BrN3O8. The van der Waals surface area contributed by atoms with E-state index >= 15 is 0 Å². The van der Waals surface area contributed by atoms with Crippen molar-refractivity contribution in [3.63, 3.8) is 0 Å². The smallest absolute Gasteiger partial charge is 0.335 e. The molecule has 0 spiro atoms. The standard InChI is InChI=1S/C33H34BrN3O8/c1-6-12-44-26-11-10-22(17-27(26)43-7-2)37-32(40)23(31(39)36-33(37)41)14-21-15-24(34)30(28(16-21)42-5)45-18-29(38)35-25-13-19(3)8-9-20(25)4/h8-11,13-17H,6-7,12,18H2,1-5H3,(H,35,38)(H,36,39,41)/b23-14+. The number of imide groups is 2. The van der Waals surface area contributed by atoms with Crippen LogP contribution in [-0.2, 0) is 14.4 Å². The zero-order valence-corrected chi connectivity index (χ0v) is 27.2. The summed E-state index contributed by atoms with van der Waals surface area (Å²) < 4.78 is 23.1. The van der Waals surface area contributed by atoms with Crippen LogP contribution in [0.15, 0.2) is 58.6 Å². The maximum absolute atomic E-state index is 13.5. The van der Waals surface area contributed by atoms with Crippen LogP contribution in [0.2, 0.25) is 0 Å². The Hall–Kier alpha value is -4.84. The predicted molar refractivity (Wildman–Crippen MR) is 173 cm³/mol. The van der Waals surface area contributed by atoms with E-state index in [9.17, 15) is 19.2 Å². The largest absolute Gasteiger partial charge is 0.493 e. The molecule has 45 heavy (non-hydrogen) atoms. The molecule has 1 saturated heterocycles. The first-order valence-corrected chi connectivity index (χ1v) is 15.0. The number of hydrogen-bond acceptors (Lipinski definition) is 8. The molecule has 3 aromatic rings. The molecule has 1 heterocycles. The van der Waals surface area contributed by atoms with Crippen LogP contribution >= 0.6 is 15.9 Å². The van der Waals surface area contributed by atoms with Gasteiger partial charge in [-0.15, -0.1) is 0 Å². The first kappa shape index (κ1) is 33.1. The molecule has 5 amide bonds. The molecule has 236 valence electrons. The molecule has 1 fully saturated rings. The van der Waals surface area contributed by atoms with Gasteiger partial charge in [0, 0.05) is 11.8 Å². The minimum absolute atomic E-state index is 0.199. The fourth-order valence-electron chi connectivity index (χ4n) is 4.45. The lowest BCUT2D eigenvalue weighted by Crippen LogP contribution is -2.54. The van der Waals surface area contributed by atoms with Crippen LogP contribution in [0.4, 0.5) is 16.2 Å². The monoisotopic (exact) mass is 679 g/mol. The van der Waals surface area contributed by atoms with E-state index in [-0.39, 0.29) is 35.3 Å². The van der Waals surface area contributed by atoms with Gasteiger partial charge in [0.25, 0.3) is 17.7 Å². The number of carbonyl (C=O) groups is 4. The summed E-state index contributed by atoms with van der Waals surface area (Å²) in [4.78, 5) is 52.7.